The van der Waals surface area contributed by atoms with Crippen LogP contribution in [0.3, 0.4) is 0 Å². The third kappa shape index (κ3) is 5.28. The molecule has 1 fully saturated rings. The zero-order chi connectivity index (χ0) is 20.6. The van der Waals surface area contributed by atoms with Crippen LogP contribution in [-0.4, -0.2) is 60.3 Å². The van der Waals surface area contributed by atoms with Crippen molar-refractivity contribution in [1.29, 1.82) is 0 Å². The molecule has 1 aromatic carbocycles. The molecule has 3 rings (SSSR count). The van der Waals surface area contributed by atoms with Crippen molar-refractivity contribution < 1.29 is 23.7 Å². The van der Waals surface area contributed by atoms with Gasteiger partial charge in [-0.15, -0.1) is 0 Å². The van der Waals surface area contributed by atoms with E-state index in [2.05, 4.69) is 9.97 Å². The molecule has 0 N–H and O–H groups in total. The molecule has 156 valence electrons. The number of ether oxygens (including phenoxy) is 4. The van der Waals surface area contributed by atoms with Gasteiger partial charge in [0.1, 0.15) is 6.10 Å². The molecule has 1 aliphatic rings. The van der Waals surface area contributed by atoms with Crippen LogP contribution in [-0.2, 0) is 0 Å². The summed E-state index contributed by atoms with van der Waals surface area (Å²) in [5, 5.41) is 0. The second kappa shape index (κ2) is 9.95. The minimum absolute atomic E-state index is 0.00188. The molecule has 8 nitrogen and oxygen atoms in total. The minimum Gasteiger partial charge on any atom is -0.490 e. The van der Waals surface area contributed by atoms with Gasteiger partial charge in [0, 0.05) is 43.8 Å². The first-order valence-corrected chi connectivity index (χ1v) is 9.87. The predicted octanol–water partition coefficient (Wildman–Crippen LogP) is 2.97. The van der Waals surface area contributed by atoms with E-state index >= 15 is 0 Å². The Balaban J connectivity index is 1.60. The van der Waals surface area contributed by atoms with E-state index in [0.717, 1.165) is 12.8 Å². The van der Waals surface area contributed by atoms with Gasteiger partial charge in [-0.2, -0.15) is 4.98 Å². The van der Waals surface area contributed by atoms with Gasteiger partial charge in [-0.1, -0.05) is 0 Å². The number of methoxy groups -OCH3 is 1. The number of piperidine rings is 1. The van der Waals surface area contributed by atoms with Gasteiger partial charge < -0.3 is 23.8 Å². The maximum atomic E-state index is 12.9. The number of hydrogen-bond donors (Lipinski definition) is 0. The number of rotatable bonds is 8. The zero-order valence-corrected chi connectivity index (χ0v) is 17.1. The molecule has 0 unspecified atom stereocenters. The van der Waals surface area contributed by atoms with Crippen LogP contribution in [0.2, 0.25) is 0 Å². The summed E-state index contributed by atoms with van der Waals surface area (Å²) in [6, 6.07) is 7.31. The molecule has 1 saturated heterocycles. The summed E-state index contributed by atoms with van der Waals surface area (Å²) in [6.07, 6.45) is 3.06. The Labute approximate surface area is 170 Å². The molecule has 0 spiro atoms. The summed E-state index contributed by atoms with van der Waals surface area (Å²) in [5.41, 5.74) is 0.594. The number of amides is 1. The Hall–Kier alpha value is -3.03. The van der Waals surface area contributed by atoms with Gasteiger partial charge in [0.25, 0.3) is 5.91 Å². The van der Waals surface area contributed by atoms with Crippen molar-refractivity contribution in [3.63, 3.8) is 0 Å². The monoisotopic (exact) mass is 401 g/mol. The Morgan fingerprint density at radius 3 is 2.52 bits per heavy atom. The highest BCUT2D eigenvalue weighted by atomic mass is 16.5. The molecule has 0 atom stereocenters. The van der Waals surface area contributed by atoms with Crippen molar-refractivity contribution >= 4 is 5.91 Å². The van der Waals surface area contributed by atoms with E-state index in [9.17, 15) is 4.79 Å². The number of aromatic nitrogens is 2. The largest absolute Gasteiger partial charge is 0.490 e. The van der Waals surface area contributed by atoms with Crippen LogP contribution in [0, 0.1) is 0 Å². The molecular formula is C21H27N3O5. The Morgan fingerprint density at radius 2 is 1.83 bits per heavy atom. The van der Waals surface area contributed by atoms with Gasteiger partial charge in [-0.05, 0) is 32.0 Å². The predicted molar refractivity (Wildman–Crippen MR) is 107 cm³/mol. The highest BCUT2D eigenvalue weighted by molar-refractivity contribution is 5.95. The molecule has 0 radical (unpaired) electrons. The van der Waals surface area contributed by atoms with Crippen LogP contribution in [0.5, 0.6) is 23.4 Å². The van der Waals surface area contributed by atoms with E-state index in [0.29, 0.717) is 49.2 Å². The highest BCUT2D eigenvalue weighted by Gasteiger charge is 2.26. The van der Waals surface area contributed by atoms with Gasteiger partial charge in [0.15, 0.2) is 11.5 Å². The second-order valence-corrected chi connectivity index (χ2v) is 6.52. The molecule has 8 heteroatoms. The van der Waals surface area contributed by atoms with Gasteiger partial charge in [-0.3, -0.25) is 4.79 Å². The van der Waals surface area contributed by atoms with Crippen molar-refractivity contribution in [3.8, 4) is 23.4 Å². The maximum Gasteiger partial charge on any atom is 0.319 e. The molecule has 0 bridgehead atoms. The quantitative estimate of drug-likeness (QED) is 0.672. The second-order valence-electron chi connectivity index (χ2n) is 6.52. The van der Waals surface area contributed by atoms with Gasteiger partial charge in [0.05, 0.1) is 20.3 Å². The number of nitrogens with zero attached hydrogens (tertiary/aromatic N) is 3. The van der Waals surface area contributed by atoms with Crippen molar-refractivity contribution in [2.24, 2.45) is 0 Å². The maximum absolute atomic E-state index is 12.9. The first kappa shape index (κ1) is 20.7. The number of benzene rings is 1. The van der Waals surface area contributed by atoms with Gasteiger partial charge >= 0.3 is 6.01 Å². The van der Waals surface area contributed by atoms with Crippen molar-refractivity contribution in [2.75, 3.05) is 33.4 Å². The summed E-state index contributed by atoms with van der Waals surface area (Å²) in [6.45, 7) is 6.10. The molecule has 2 heterocycles. The van der Waals surface area contributed by atoms with Crippen LogP contribution >= 0.6 is 0 Å². The summed E-state index contributed by atoms with van der Waals surface area (Å²) in [4.78, 5) is 22.9. The van der Waals surface area contributed by atoms with E-state index in [1.807, 2.05) is 18.7 Å². The van der Waals surface area contributed by atoms with Crippen LogP contribution in [0.1, 0.15) is 37.0 Å². The Bertz CT molecular complexity index is 822. The lowest BCUT2D eigenvalue weighted by molar-refractivity contribution is 0.0586. The molecule has 1 amide bonds. The summed E-state index contributed by atoms with van der Waals surface area (Å²) in [7, 11) is 1.51. The number of carbonyl (C=O) groups is 1. The summed E-state index contributed by atoms with van der Waals surface area (Å²) < 4.78 is 22.1. The average molecular weight is 401 g/mol. The fraction of sp³-hybridized carbons (Fsp3) is 0.476. The average Bonchev–Trinajstić information content (AvgIpc) is 2.75. The lowest BCUT2D eigenvalue weighted by Crippen LogP contribution is -2.41. The van der Waals surface area contributed by atoms with Gasteiger partial charge in [0.2, 0.25) is 5.88 Å². The molecular weight excluding hydrogens is 374 g/mol. The number of likely N-dealkylation sites (tertiary alicyclic amines) is 1. The topological polar surface area (TPSA) is 83.0 Å². The molecule has 2 aromatic rings. The van der Waals surface area contributed by atoms with Crippen molar-refractivity contribution in [1.82, 2.24) is 14.9 Å². The summed E-state index contributed by atoms with van der Waals surface area (Å²) in [5.74, 6) is 1.71. The SMILES string of the molecule is CCOc1ccc(C(=O)N2CCC(Oc3ccnc(OC)n3)CC2)cc1OCC. The van der Waals surface area contributed by atoms with E-state index in [-0.39, 0.29) is 18.0 Å². The first-order valence-electron chi connectivity index (χ1n) is 9.87. The van der Waals surface area contributed by atoms with Crippen LogP contribution in [0.4, 0.5) is 0 Å². The standard InChI is InChI=1S/C21H27N3O5/c1-4-27-17-7-6-15(14-18(17)28-5-2)20(25)24-12-9-16(10-13-24)29-19-8-11-22-21(23-19)26-3/h6-8,11,14,16H,4-5,9-10,12-13H2,1-3H3. The molecule has 0 saturated carbocycles. The van der Waals surface area contributed by atoms with Crippen molar-refractivity contribution in [2.45, 2.75) is 32.8 Å². The highest BCUT2D eigenvalue weighted by Crippen LogP contribution is 2.29. The fourth-order valence-corrected chi connectivity index (χ4v) is 3.20. The fourth-order valence-electron chi connectivity index (χ4n) is 3.20. The number of hydrogen-bond acceptors (Lipinski definition) is 7. The van der Waals surface area contributed by atoms with Gasteiger partial charge in [-0.25, -0.2) is 4.98 Å². The van der Waals surface area contributed by atoms with Crippen LogP contribution in [0.15, 0.2) is 30.5 Å². The normalized spacial score (nSPS) is 14.4. The Kier molecular flexibility index (Phi) is 7.10. The third-order valence-corrected chi connectivity index (χ3v) is 4.60. The molecule has 1 aromatic heterocycles. The lowest BCUT2D eigenvalue weighted by atomic mass is 10.1. The first-order chi connectivity index (χ1) is 14.1. The number of carbonyl (C=O) groups excluding carboxylic acids is 1. The molecule has 1 aliphatic heterocycles. The van der Waals surface area contributed by atoms with E-state index in [1.165, 1.54) is 7.11 Å². The van der Waals surface area contributed by atoms with E-state index < -0.39 is 0 Å². The third-order valence-electron chi connectivity index (χ3n) is 4.60. The molecule has 0 aliphatic carbocycles. The van der Waals surface area contributed by atoms with Crippen LogP contribution in [0.25, 0.3) is 0 Å². The lowest BCUT2D eigenvalue weighted by Gasteiger charge is -2.32. The molecule has 29 heavy (non-hydrogen) atoms. The van der Waals surface area contributed by atoms with E-state index in [4.69, 9.17) is 18.9 Å². The van der Waals surface area contributed by atoms with E-state index in [1.54, 1.807) is 30.5 Å². The minimum atomic E-state index is -0.0174. The summed E-state index contributed by atoms with van der Waals surface area (Å²) >= 11 is 0. The smallest absolute Gasteiger partial charge is 0.319 e. The zero-order valence-electron chi connectivity index (χ0n) is 17.1. The van der Waals surface area contributed by atoms with Crippen LogP contribution < -0.4 is 18.9 Å². The Morgan fingerprint density at radius 1 is 1.10 bits per heavy atom. The van der Waals surface area contributed by atoms with Crippen molar-refractivity contribution in [3.05, 3.63) is 36.0 Å².